The van der Waals surface area contributed by atoms with Crippen LogP contribution >= 0.6 is 0 Å². The van der Waals surface area contributed by atoms with Gasteiger partial charge in [-0.25, -0.2) is 0 Å². The van der Waals surface area contributed by atoms with E-state index in [-0.39, 0.29) is 0 Å². The maximum atomic E-state index is 6.82. The molecule has 1 aromatic heterocycles. The summed E-state index contributed by atoms with van der Waals surface area (Å²) >= 11 is 0. The third-order valence-corrected chi connectivity index (χ3v) is 12.1. The molecule has 0 spiro atoms. The molecule has 2 aliphatic carbocycles. The van der Waals surface area contributed by atoms with E-state index in [0.717, 1.165) is 51.8 Å². The zero-order valence-corrected chi connectivity index (χ0v) is 30.6. The lowest BCUT2D eigenvalue weighted by molar-refractivity contribution is 0.669. The van der Waals surface area contributed by atoms with Gasteiger partial charge < -0.3 is 9.32 Å². The number of nitrogens with zero attached hydrogens (tertiary/aromatic N) is 1. The summed E-state index contributed by atoms with van der Waals surface area (Å²) in [7, 11) is 0. The second kappa shape index (κ2) is 12.7. The van der Waals surface area contributed by atoms with Gasteiger partial charge >= 0.3 is 0 Å². The van der Waals surface area contributed by atoms with E-state index in [1.165, 1.54) is 68.5 Å². The number of fused-ring (bicyclic) bond motifs is 7. The highest BCUT2D eigenvalue weighted by Gasteiger charge is 2.47. The molecule has 8 aromatic carbocycles. The Kier molecular flexibility index (Phi) is 7.38. The first-order valence-corrected chi connectivity index (χ1v) is 19.6. The molecular formula is C53H39NO. The first-order chi connectivity index (χ1) is 27.3. The molecule has 0 fully saturated rings. The summed E-state index contributed by atoms with van der Waals surface area (Å²) in [6.07, 6.45) is 4.65. The number of aryl methyl sites for hydroxylation is 1. The fraction of sp³-hybridized carbons (Fsp3) is 0.0943. The molecule has 2 aliphatic rings. The zero-order chi connectivity index (χ0) is 36.3. The van der Waals surface area contributed by atoms with Gasteiger partial charge in [0.25, 0.3) is 0 Å². The van der Waals surface area contributed by atoms with Gasteiger partial charge in [-0.3, -0.25) is 0 Å². The van der Waals surface area contributed by atoms with E-state index in [4.69, 9.17) is 4.42 Å². The Morgan fingerprint density at radius 2 is 1.07 bits per heavy atom. The van der Waals surface area contributed by atoms with Crippen LogP contribution in [0.25, 0.3) is 44.2 Å². The predicted octanol–water partition coefficient (Wildman–Crippen LogP) is 14.0. The molecule has 2 nitrogen and oxygen atoms in total. The van der Waals surface area contributed by atoms with Crippen LogP contribution in [0.1, 0.15) is 46.2 Å². The summed E-state index contributed by atoms with van der Waals surface area (Å²) in [6, 6.07) is 69.2. The second-order valence-corrected chi connectivity index (χ2v) is 15.0. The van der Waals surface area contributed by atoms with E-state index in [9.17, 15) is 0 Å². The third kappa shape index (κ3) is 4.81. The summed E-state index contributed by atoms with van der Waals surface area (Å²) in [6.45, 7) is 0. The molecule has 0 bridgehead atoms. The van der Waals surface area contributed by atoms with Crippen molar-refractivity contribution in [2.75, 3.05) is 4.90 Å². The number of rotatable bonds is 6. The molecule has 0 saturated carbocycles. The molecule has 2 heteroatoms. The minimum atomic E-state index is -0.536. The SMILES string of the molecule is c1ccc(N(c2cc3c(cc2-c2cccc4c2CCCC4)-c2ccccc2C3(c2ccccc2)c2ccccc2)c2cccc3c2oc2ccccc23)cc1. The van der Waals surface area contributed by atoms with Gasteiger partial charge in [0.05, 0.1) is 16.8 Å². The van der Waals surface area contributed by atoms with E-state index in [1.54, 1.807) is 0 Å². The fourth-order valence-corrected chi connectivity index (χ4v) is 9.80. The van der Waals surface area contributed by atoms with Gasteiger partial charge in [0.2, 0.25) is 0 Å². The van der Waals surface area contributed by atoms with Gasteiger partial charge in [-0.1, -0.05) is 152 Å². The average Bonchev–Trinajstić information content (AvgIpc) is 3.78. The van der Waals surface area contributed by atoms with E-state index in [2.05, 4.69) is 193 Å². The minimum absolute atomic E-state index is 0.536. The van der Waals surface area contributed by atoms with Gasteiger partial charge in [-0.15, -0.1) is 0 Å². The van der Waals surface area contributed by atoms with Crippen molar-refractivity contribution in [1.29, 1.82) is 0 Å². The number of furan rings is 1. The summed E-state index contributed by atoms with van der Waals surface area (Å²) in [5.41, 5.74) is 17.7. The molecule has 0 amide bonds. The lowest BCUT2D eigenvalue weighted by Gasteiger charge is -2.35. The third-order valence-electron chi connectivity index (χ3n) is 12.1. The van der Waals surface area contributed by atoms with Gasteiger partial charge in [-0.2, -0.15) is 0 Å². The Balaban J connectivity index is 1.30. The van der Waals surface area contributed by atoms with Gasteiger partial charge in [0.15, 0.2) is 5.58 Å². The van der Waals surface area contributed by atoms with Crippen molar-refractivity contribution in [3.63, 3.8) is 0 Å². The van der Waals surface area contributed by atoms with Crippen LogP contribution in [-0.2, 0) is 18.3 Å². The van der Waals surface area contributed by atoms with Crippen LogP contribution in [-0.4, -0.2) is 0 Å². The van der Waals surface area contributed by atoms with Gasteiger partial charge in [0.1, 0.15) is 5.58 Å². The molecule has 1 heterocycles. The van der Waals surface area contributed by atoms with Crippen molar-refractivity contribution < 1.29 is 4.42 Å². The maximum Gasteiger partial charge on any atom is 0.159 e. The molecule has 0 atom stereocenters. The topological polar surface area (TPSA) is 16.4 Å². The number of hydrogen-bond donors (Lipinski definition) is 0. The largest absolute Gasteiger partial charge is 0.454 e. The summed E-state index contributed by atoms with van der Waals surface area (Å²) < 4.78 is 6.82. The van der Waals surface area contributed by atoms with E-state index in [1.807, 2.05) is 0 Å². The highest BCUT2D eigenvalue weighted by atomic mass is 16.3. The Labute approximate surface area is 322 Å². The molecule has 0 aliphatic heterocycles. The zero-order valence-electron chi connectivity index (χ0n) is 30.6. The van der Waals surface area contributed by atoms with Crippen LogP contribution in [0, 0.1) is 0 Å². The molecule has 11 rings (SSSR count). The molecule has 0 radical (unpaired) electrons. The first kappa shape index (κ1) is 31.8. The molecule has 262 valence electrons. The summed E-state index contributed by atoms with van der Waals surface area (Å²) in [4.78, 5) is 2.46. The number of para-hydroxylation sites is 3. The highest BCUT2D eigenvalue weighted by Crippen LogP contribution is 2.59. The van der Waals surface area contributed by atoms with Gasteiger partial charge in [-0.05, 0) is 112 Å². The first-order valence-electron chi connectivity index (χ1n) is 19.6. The molecule has 0 saturated heterocycles. The number of benzene rings is 8. The molecule has 55 heavy (non-hydrogen) atoms. The molecular weight excluding hydrogens is 667 g/mol. The van der Waals surface area contributed by atoms with Crippen LogP contribution in [0.4, 0.5) is 17.1 Å². The van der Waals surface area contributed by atoms with Crippen molar-refractivity contribution in [2.45, 2.75) is 31.1 Å². The maximum absolute atomic E-state index is 6.82. The number of hydrogen-bond acceptors (Lipinski definition) is 2. The normalized spacial score (nSPS) is 14.0. The standard InChI is InChI=1S/C53H39NO/c1-4-20-37(21-5-1)53(38-22-6-2-7-23-38)47-31-14-12-27-42(47)45-34-46(41-29-16-19-36-18-10-11-26-40(36)41)50(35-48(45)53)54(39-24-8-3-9-25-39)49-32-17-30-44-43-28-13-15-33-51(43)55-52(44)49/h1-9,12-17,19-25,27-35H,10-11,18,26H2. The van der Waals surface area contributed by atoms with Crippen LogP contribution in [0.3, 0.4) is 0 Å². The Hall–Kier alpha value is -6.64. The minimum Gasteiger partial charge on any atom is -0.454 e. The van der Waals surface area contributed by atoms with Crippen molar-refractivity contribution in [3.8, 4) is 22.3 Å². The van der Waals surface area contributed by atoms with Crippen molar-refractivity contribution in [1.82, 2.24) is 0 Å². The predicted molar refractivity (Wildman–Crippen MR) is 228 cm³/mol. The van der Waals surface area contributed by atoms with Crippen molar-refractivity contribution in [3.05, 3.63) is 221 Å². The average molecular weight is 706 g/mol. The quantitative estimate of drug-likeness (QED) is 0.171. The Bertz CT molecular complexity index is 2830. The Morgan fingerprint density at radius 3 is 1.87 bits per heavy atom. The molecule has 0 unspecified atom stereocenters. The van der Waals surface area contributed by atoms with E-state index >= 15 is 0 Å². The van der Waals surface area contributed by atoms with Crippen LogP contribution in [0.15, 0.2) is 192 Å². The van der Waals surface area contributed by atoms with Crippen LogP contribution in [0.5, 0.6) is 0 Å². The lowest BCUT2D eigenvalue weighted by atomic mass is 9.67. The fourth-order valence-electron chi connectivity index (χ4n) is 9.80. The monoisotopic (exact) mass is 705 g/mol. The number of anilines is 3. The van der Waals surface area contributed by atoms with Crippen molar-refractivity contribution in [2.24, 2.45) is 0 Å². The highest BCUT2D eigenvalue weighted by molar-refractivity contribution is 6.11. The molecule has 0 N–H and O–H groups in total. The van der Waals surface area contributed by atoms with Crippen molar-refractivity contribution >= 4 is 39.0 Å². The van der Waals surface area contributed by atoms with Crippen LogP contribution < -0.4 is 4.90 Å². The van der Waals surface area contributed by atoms with Crippen LogP contribution in [0.2, 0.25) is 0 Å². The second-order valence-electron chi connectivity index (χ2n) is 15.0. The Morgan fingerprint density at radius 1 is 0.436 bits per heavy atom. The lowest BCUT2D eigenvalue weighted by Crippen LogP contribution is -2.28. The van der Waals surface area contributed by atoms with Gasteiger partial charge in [0, 0.05) is 22.0 Å². The van der Waals surface area contributed by atoms with E-state index < -0.39 is 5.41 Å². The van der Waals surface area contributed by atoms with E-state index in [0.29, 0.717) is 0 Å². The molecule has 9 aromatic rings. The smallest absolute Gasteiger partial charge is 0.159 e. The summed E-state index contributed by atoms with van der Waals surface area (Å²) in [5.74, 6) is 0. The summed E-state index contributed by atoms with van der Waals surface area (Å²) in [5, 5.41) is 2.24.